The number of hydrogen-bond acceptors (Lipinski definition) is 4. The molecule has 0 aliphatic heterocycles. The summed E-state index contributed by atoms with van der Waals surface area (Å²) in [4.78, 5) is 12.7. The quantitative estimate of drug-likeness (QED) is 0.329. The molecule has 0 bridgehead atoms. The van der Waals surface area contributed by atoms with E-state index in [1.165, 1.54) is 4.90 Å². The van der Waals surface area contributed by atoms with E-state index in [4.69, 9.17) is 16.6 Å². The second-order valence-corrected chi connectivity index (χ2v) is 2.64. The van der Waals surface area contributed by atoms with Gasteiger partial charge in [0, 0.05) is 13.1 Å². The molecule has 0 aliphatic carbocycles. The summed E-state index contributed by atoms with van der Waals surface area (Å²) in [5.41, 5.74) is 0. The van der Waals surface area contributed by atoms with Crippen LogP contribution in [-0.2, 0) is 4.79 Å². The Morgan fingerprint density at radius 2 is 1.93 bits per heavy atom. The molecule has 0 atom stereocenters. The van der Waals surface area contributed by atoms with Crippen LogP contribution in [0, 0.1) is 12.3 Å². The first-order chi connectivity index (χ1) is 6.76. The SMILES string of the molecule is C#CCNCC(=O)N(CCO)CCO. The minimum atomic E-state index is -0.177. The van der Waals surface area contributed by atoms with Crippen LogP contribution < -0.4 is 5.32 Å². The molecule has 14 heavy (non-hydrogen) atoms. The van der Waals surface area contributed by atoms with Crippen molar-refractivity contribution in [1.29, 1.82) is 0 Å². The van der Waals surface area contributed by atoms with Crippen LogP contribution in [0.15, 0.2) is 0 Å². The van der Waals surface area contributed by atoms with E-state index in [-0.39, 0.29) is 38.8 Å². The number of carbonyl (C=O) groups excluding carboxylic acids is 1. The van der Waals surface area contributed by atoms with Gasteiger partial charge in [0.2, 0.25) is 5.91 Å². The van der Waals surface area contributed by atoms with Gasteiger partial charge in [0.25, 0.3) is 0 Å². The molecule has 0 aliphatic rings. The smallest absolute Gasteiger partial charge is 0.236 e. The molecular weight excluding hydrogens is 184 g/mol. The van der Waals surface area contributed by atoms with Gasteiger partial charge in [-0.15, -0.1) is 6.42 Å². The zero-order valence-corrected chi connectivity index (χ0v) is 8.07. The number of nitrogens with zero attached hydrogens (tertiary/aromatic N) is 1. The largest absolute Gasteiger partial charge is 0.395 e. The van der Waals surface area contributed by atoms with E-state index in [1.54, 1.807) is 0 Å². The third kappa shape index (κ3) is 5.54. The molecule has 0 fully saturated rings. The van der Waals surface area contributed by atoms with Gasteiger partial charge in [-0.05, 0) is 0 Å². The Morgan fingerprint density at radius 3 is 2.36 bits per heavy atom. The Hall–Kier alpha value is -1.09. The van der Waals surface area contributed by atoms with Crippen LogP contribution in [0.5, 0.6) is 0 Å². The second-order valence-electron chi connectivity index (χ2n) is 2.64. The van der Waals surface area contributed by atoms with Crippen LogP contribution in [0.3, 0.4) is 0 Å². The van der Waals surface area contributed by atoms with Crippen molar-refractivity contribution in [3.63, 3.8) is 0 Å². The standard InChI is InChI=1S/C9H16N2O3/c1-2-3-10-8-9(14)11(4-6-12)5-7-13/h1,10,12-13H,3-8H2. The molecule has 5 nitrogen and oxygen atoms in total. The molecule has 0 saturated carbocycles. The van der Waals surface area contributed by atoms with Crippen molar-refractivity contribution in [3.8, 4) is 12.3 Å². The van der Waals surface area contributed by atoms with Gasteiger partial charge in [0.05, 0.1) is 26.3 Å². The number of amides is 1. The van der Waals surface area contributed by atoms with Crippen LogP contribution in [-0.4, -0.2) is 60.4 Å². The van der Waals surface area contributed by atoms with Gasteiger partial charge in [-0.25, -0.2) is 0 Å². The highest BCUT2D eigenvalue weighted by atomic mass is 16.3. The third-order valence-corrected chi connectivity index (χ3v) is 1.60. The van der Waals surface area contributed by atoms with Gasteiger partial charge >= 0.3 is 0 Å². The Labute approximate surface area is 83.7 Å². The Morgan fingerprint density at radius 1 is 1.36 bits per heavy atom. The predicted molar refractivity (Wildman–Crippen MR) is 52.5 cm³/mol. The van der Waals surface area contributed by atoms with E-state index in [9.17, 15) is 4.79 Å². The molecule has 0 aromatic heterocycles. The molecule has 1 amide bonds. The zero-order valence-electron chi connectivity index (χ0n) is 8.07. The predicted octanol–water partition coefficient (Wildman–Crippen LogP) is -1.98. The number of aliphatic hydroxyl groups is 2. The molecule has 0 spiro atoms. The molecular formula is C9H16N2O3. The highest BCUT2D eigenvalue weighted by molar-refractivity contribution is 5.78. The molecule has 3 N–H and O–H groups in total. The monoisotopic (exact) mass is 200 g/mol. The lowest BCUT2D eigenvalue weighted by Crippen LogP contribution is -2.41. The molecule has 0 unspecified atom stereocenters. The first-order valence-corrected chi connectivity index (χ1v) is 4.40. The zero-order chi connectivity index (χ0) is 10.8. The van der Waals surface area contributed by atoms with Crippen molar-refractivity contribution in [1.82, 2.24) is 10.2 Å². The van der Waals surface area contributed by atoms with Gasteiger partial charge in [-0.3, -0.25) is 10.1 Å². The highest BCUT2D eigenvalue weighted by Gasteiger charge is 2.10. The van der Waals surface area contributed by atoms with E-state index in [0.717, 1.165) is 0 Å². The molecule has 0 radical (unpaired) electrons. The Balaban J connectivity index is 3.83. The maximum absolute atomic E-state index is 11.4. The normalized spacial score (nSPS) is 9.50. The molecule has 0 rings (SSSR count). The van der Waals surface area contributed by atoms with E-state index >= 15 is 0 Å². The van der Waals surface area contributed by atoms with Crippen LogP contribution in [0.1, 0.15) is 0 Å². The summed E-state index contributed by atoms with van der Waals surface area (Å²) in [5, 5.41) is 20.1. The lowest BCUT2D eigenvalue weighted by atomic mass is 10.4. The van der Waals surface area contributed by atoms with E-state index in [2.05, 4.69) is 11.2 Å². The van der Waals surface area contributed by atoms with Crippen molar-refractivity contribution in [2.24, 2.45) is 0 Å². The van der Waals surface area contributed by atoms with Gasteiger partial charge in [0.15, 0.2) is 0 Å². The Kier molecular flexibility index (Phi) is 7.84. The maximum Gasteiger partial charge on any atom is 0.236 e. The van der Waals surface area contributed by atoms with Gasteiger partial charge in [-0.2, -0.15) is 0 Å². The fourth-order valence-corrected chi connectivity index (χ4v) is 0.956. The average molecular weight is 200 g/mol. The van der Waals surface area contributed by atoms with Gasteiger partial charge < -0.3 is 15.1 Å². The van der Waals surface area contributed by atoms with Crippen molar-refractivity contribution in [3.05, 3.63) is 0 Å². The topological polar surface area (TPSA) is 72.8 Å². The van der Waals surface area contributed by atoms with Crippen LogP contribution in [0.25, 0.3) is 0 Å². The van der Waals surface area contributed by atoms with Crippen LogP contribution in [0.2, 0.25) is 0 Å². The summed E-state index contributed by atoms with van der Waals surface area (Å²) in [6, 6.07) is 0. The summed E-state index contributed by atoms with van der Waals surface area (Å²) in [6.07, 6.45) is 4.99. The summed E-state index contributed by atoms with van der Waals surface area (Å²) in [6.45, 7) is 0.706. The van der Waals surface area contributed by atoms with Crippen LogP contribution >= 0.6 is 0 Å². The molecule has 0 aromatic carbocycles. The summed E-state index contributed by atoms with van der Waals surface area (Å²) in [7, 11) is 0. The summed E-state index contributed by atoms with van der Waals surface area (Å²) in [5.74, 6) is 2.17. The van der Waals surface area contributed by atoms with Gasteiger partial charge in [-0.1, -0.05) is 5.92 Å². The van der Waals surface area contributed by atoms with Crippen LogP contribution in [0.4, 0.5) is 0 Å². The van der Waals surface area contributed by atoms with E-state index in [0.29, 0.717) is 6.54 Å². The average Bonchev–Trinajstić information content (AvgIpc) is 2.18. The van der Waals surface area contributed by atoms with Crippen molar-refractivity contribution >= 4 is 5.91 Å². The second kappa shape index (κ2) is 8.51. The minimum Gasteiger partial charge on any atom is -0.395 e. The first kappa shape index (κ1) is 12.9. The maximum atomic E-state index is 11.4. The van der Waals surface area contributed by atoms with E-state index < -0.39 is 0 Å². The molecule has 5 heteroatoms. The Bertz CT molecular complexity index is 195. The number of nitrogens with one attached hydrogen (secondary N) is 1. The fourth-order valence-electron chi connectivity index (χ4n) is 0.956. The lowest BCUT2D eigenvalue weighted by Gasteiger charge is -2.20. The van der Waals surface area contributed by atoms with Crippen molar-refractivity contribution in [2.75, 3.05) is 39.4 Å². The number of terminal acetylenes is 1. The third-order valence-electron chi connectivity index (χ3n) is 1.60. The van der Waals surface area contributed by atoms with E-state index in [1.807, 2.05) is 0 Å². The lowest BCUT2D eigenvalue weighted by molar-refractivity contribution is -0.131. The van der Waals surface area contributed by atoms with Gasteiger partial charge in [0.1, 0.15) is 0 Å². The molecule has 80 valence electrons. The number of carbonyl (C=O) groups is 1. The number of aliphatic hydroxyl groups excluding tert-OH is 2. The number of rotatable bonds is 7. The first-order valence-electron chi connectivity index (χ1n) is 4.40. The fraction of sp³-hybridized carbons (Fsp3) is 0.667. The molecule has 0 heterocycles. The van der Waals surface area contributed by atoms with Crippen molar-refractivity contribution in [2.45, 2.75) is 0 Å². The highest BCUT2D eigenvalue weighted by Crippen LogP contribution is 1.87. The summed E-state index contributed by atoms with van der Waals surface area (Å²) >= 11 is 0. The molecule has 0 saturated heterocycles. The number of hydrogen-bond donors (Lipinski definition) is 3. The summed E-state index contributed by atoms with van der Waals surface area (Å²) < 4.78 is 0. The molecule has 0 aromatic rings. The van der Waals surface area contributed by atoms with Crippen molar-refractivity contribution < 1.29 is 15.0 Å². The minimum absolute atomic E-state index is 0.110.